The van der Waals surface area contributed by atoms with Gasteiger partial charge in [0, 0.05) is 0 Å². The van der Waals surface area contributed by atoms with Crippen molar-refractivity contribution < 1.29 is 4.39 Å². The van der Waals surface area contributed by atoms with Crippen LogP contribution < -0.4 is 5.32 Å². The van der Waals surface area contributed by atoms with E-state index in [9.17, 15) is 4.39 Å². The second-order valence-electron chi connectivity index (χ2n) is 5.96. The summed E-state index contributed by atoms with van der Waals surface area (Å²) in [7, 11) is 0. The van der Waals surface area contributed by atoms with E-state index >= 15 is 0 Å². The zero-order chi connectivity index (χ0) is 14.5. The molecule has 0 aromatic heterocycles. The van der Waals surface area contributed by atoms with Crippen LogP contribution in [0.4, 0.5) is 4.39 Å². The van der Waals surface area contributed by atoms with Gasteiger partial charge in [0.2, 0.25) is 0 Å². The van der Waals surface area contributed by atoms with Crippen LogP contribution in [0.1, 0.15) is 23.1 Å². The van der Waals surface area contributed by atoms with Crippen LogP contribution >= 0.6 is 0 Å². The Hall–Kier alpha value is -1.67. The van der Waals surface area contributed by atoms with E-state index in [2.05, 4.69) is 29.6 Å². The van der Waals surface area contributed by atoms with Crippen LogP contribution in [0.15, 0.2) is 48.5 Å². The lowest BCUT2D eigenvalue weighted by atomic mass is 9.84. The van der Waals surface area contributed by atoms with E-state index in [1.165, 1.54) is 48.1 Å². The SMILES string of the molecule is Fc1ccc(CCNCC2CCc3ccccc3C2)cc1. The van der Waals surface area contributed by atoms with Crippen molar-refractivity contribution >= 4 is 0 Å². The minimum Gasteiger partial charge on any atom is -0.316 e. The van der Waals surface area contributed by atoms with Crippen molar-refractivity contribution in [2.75, 3.05) is 13.1 Å². The minimum atomic E-state index is -0.160. The van der Waals surface area contributed by atoms with Crippen molar-refractivity contribution in [3.05, 3.63) is 71.0 Å². The third-order valence-corrected chi connectivity index (χ3v) is 4.39. The molecule has 2 aromatic carbocycles. The first kappa shape index (κ1) is 14.3. The zero-order valence-electron chi connectivity index (χ0n) is 12.3. The quantitative estimate of drug-likeness (QED) is 0.824. The highest BCUT2D eigenvalue weighted by molar-refractivity contribution is 5.29. The van der Waals surface area contributed by atoms with Crippen molar-refractivity contribution in [2.24, 2.45) is 5.92 Å². The highest BCUT2D eigenvalue weighted by Gasteiger charge is 2.17. The fourth-order valence-electron chi connectivity index (χ4n) is 3.14. The van der Waals surface area contributed by atoms with Gasteiger partial charge in [-0.3, -0.25) is 0 Å². The summed E-state index contributed by atoms with van der Waals surface area (Å²) in [5, 5.41) is 3.56. The van der Waals surface area contributed by atoms with Gasteiger partial charge in [-0.05, 0) is 73.5 Å². The van der Waals surface area contributed by atoms with Gasteiger partial charge in [-0.15, -0.1) is 0 Å². The van der Waals surface area contributed by atoms with Gasteiger partial charge < -0.3 is 5.32 Å². The standard InChI is InChI=1S/C19H22FN/c20-19-9-6-15(7-10-19)11-12-21-14-16-5-8-17-3-1-2-4-18(17)13-16/h1-4,6-7,9-10,16,21H,5,8,11-14H2. The predicted molar refractivity (Wildman–Crippen MR) is 84.9 cm³/mol. The third-order valence-electron chi connectivity index (χ3n) is 4.39. The molecule has 1 aliphatic carbocycles. The van der Waals surface area contributed by atoms with Crippen LogP contribution in [0.3, 0.4) is 0 Å². The van der Waals surface area contributed by atoms with Crippen molar-refractivity contribution in [1.29, 1.82) is 0 Å². The number of rotatable bonds is 5. The zero-order valence-corrected chi connectivity index (χ0v) is 12.3. The smallest absolute Gasteiger partial charge is 0.123 e. The lowest BCUT2D eigenvalue weighted by Gasteiger charge is -2.24. The Bertz CT molecular complexity index is 576. The Morgan fingerprint density at radius 3 is 2.57 bits per heavy atom. The summed E-state index contributed by atoms with van der Waals surface area (Å²) in [4.78, 5) is 0. The van der Waals surface area contributed by atoms with E-state index in [1.54, 1.807) is 0 Å². The molecule has 2 heteroatoms. The average Bonchev–Trinajstić information content (AvgIpc) is 2.53. The monoisotopic (exact) mass is 283 g/mol. The molecule has 0 bridgehead atoms. The van der Waals surface area contributed by atoms with E-state index in [1.807, 2.05) is 12.1 Å². The second kappa shape index (κ2) is 6.86. The van der Waals surface area contributed by atoms with Crippen LogP contribution in [-0.4, -0.2) is 13.1 Å². The van der Waals surface area contributed by atoms with Gasteiger partial charge in [0.05, 0.1) is 0 Å². The molecular weight excluding hydrogens is 261 g/mol. The maximum atomic E-state index is 12.8. The topological polar surface area (TPSA) is 12.0 Å². The molecule has 0 saturated heterocycles. The molecule has 2 aromatic rings. The van der Waals surface area contributed by atoms with Crippen LogP contribution in [0.2, 0.25) is 0 Å². The normalized spacial score (nSPS) is 17.5. The van der Waals surface area contributed by atoms with Crippen LogP contribution in [0.25, 0.3) is 0 Å². The Kier molecular flexibility index (Phi) is 4.66. The largest absolute Gasteiger partial charge is 0.316 e. The van der Waals surface area contributed by atoms with E-state index in [0.29, 0.717) is 0 Å². The van der Waals surface area contributed by atoms with E-state index < -0.39 is 0 Å². The molecule has 1 aliphatic rings. The van der Waals surface area contributed by atoms with E-state index in [4.69, 9.17) is 0 Å². The molecule has 0 heterocycles. The van der Waals surface area contributed by atoms with Gasteiger partial charge in [0.15, 0.2) is 0 Å². The molecule has 110 valence electrons. The number of fused-ring (bicyclic) bond motifs is 1. The fourth-order valence-corrected chi connectivity index (χ4v) is 3.14. The van der Waals surface area contributed by atoms with Gasteiger partial charge in [-0.1, -0.05) is 36.4 Å². The molecule has 21 heavy (non-hydrogen) atoms. The summed E-state index contributed by atoms with van der Waals surface area (Å²) in [6.07, 6.45) is 4.64. The molecule has 0 saturated carbocycles. The molecule has 1 unspecified atom stereocenters. The fraction of sp³-hybridized carbons (Fsp3) is 0.368. The van der Waals surface area contributed by atoms with Crippen LogP contribution in [-0.2, 0) is 19.3 Å². The van der Waals surface area contributed by atoms with Gasteiger partial charge >= 0.3 is 0 Å². The maximum Gasteiger partial charge on any atom is 0.123 e. The molecule has 1 atom stereocenters. The van der Waals surface area contributed by atoms with Crippen molar-refractivity contribution in [3.8, 4) is 0 Å². The first-order valence-corrected chi connectivity index (χ1v) is 7.83. The number of hydrogen-bond donors (Lipinski definition) is 1. The maximum absolute atomic E-state index is 12.8. The van der Waals surface area contributed by atoms with Crippen LogP contribution in [0, 0.1) is 11.7 Å². The van der Waals surface area contributed by atoms with Gasteiger partial charge in [-0.25, -0.2) is 4.39 Å². The molecule has 0 radical (unpaired) electrons. The van der Waals surface area contributed by atoms with Gasteiger partial charge in [-0.2, -0.15) is 0 Å². The first-order valence-electron chi connectivity index (χ1n) is 7.83. The number of benzene rings is 2. The van der Waals surface area contributed by atoms with E-state index in [0.717, 1.165) is 25.4 Å². The molecule has 0 aliphatic heterocycles. The number of aryl methyl sites for hydroxylation is 1. The second-order valence-corrected chi connectivity index (χ2v) is 5.96. The summed E-state index contributed by atoms with van der Waals surface area (Å²) >= 11 is 0. The Morgan fingerprint density at radius 1 is 1.00 bits per heavy atom. The Labute approximate surface area is 126 Å². The third kappa shape index (κ3) is 3.92. The molecule has 3 rings (SSSR count). The Balaban J connectivity index is 1.41. The number of nitrogens with one attached hydrogen (secondary N) is 1. The van der Waals surface area contributed by atoms with E-state index in [-0.39, 0.29) is 5.82 Å². The van der Waals surface area contributed by atoms with Gasteiger partial charge in [0.1, 0.15) is 5.82 Å². The predicted octanol–water partition coefficient (Wildman–Crippen LogP) is 3.76. The first-order chi connectivity index (χ1) is 10.3. The minimum absolute atomic E-state index is 0.160. The summed E-state index contributed by atoms with van der Waals surface area (Å²) < 4.78 is 12.8. The number of halogens is 1. The van der Waals surface area contributed by atoms with Crippen molar-refractivity contribution in [1.82, 2.24) is 5.32 Å². The summed E-state index contributed by atoms with van der Waals surface area (Å²) in [5.74, 6) is 0.584. The molecule has 0 fully saturated rings. The summed E-state index contributed by atoms with van der Waals surface area (Å²) in [6, 6.07) is 15.6. The highest BCUT2D eigenvalue weighted by atomic mass is 19.1. The summed E-state index contributed by atoms with van der Waals surface area (Å²) in [6.45, 7) is 2.04. The lowest BCUT2D eigenvalue weighted by molar-refractivity contribution is 0.426. The molecule has 0 spiro atoms. The highest BCUT2D eigenvalue weighted by Crippen LogP contribution is 2.24. The Morgan fingerprint density at radius 2 is 1.76 bits per heavy atom. The van der Waals surface area contributed by atoms with Crippen LogP contribution in [0.5, 0.6) is 0 Å². The van der Waals surface area contributed by atoms with Crippen molar-refractivity contribution in [3.63, 3.8) is 0 Å². The molecule has 1 N–H and O–H groups in total. The lowest BCUT2D eigenvalue weighted by Crippen LogP contribution is -2.28. The molecule has 1 nitrogen and oxygen atoms in total. The molecule has 0 amide bonds. The average molecular weight is 283 g/mol. The van der Waals surface area contributed by atoms with Crippen molar-refractivity contribution in [2.45, 2.75) is 25.7 Å². The molecular formula is C19H22FN. The number of hydrogen-bond acceptors (Lipinski definition) is 1. The summed E-state index contributed by atoms with van der Waals surface area (Å²) in [5.41, 5.74) is 4.24. The van der Waals surface area contributed by atoms with Gasteiger partial charge in [0.25, 0.3) is 0 Å².